The first-order valence-electron chi connectivity index (χ1n) is 5.93. The monoisotopic (exact) mass is 293 g/mol. The van der Waals surface area contributed by atoms with Crippen molar-refractivity contribution in [2.75, 3.05) is 5.88 Å². The molecule has 106 valence electrons. The van der Waals surface area contributed by atoms with Crippen LogP contribution in [-0.2, 0) is 6.18 Å². The molecule has 0 bridgehead atoms. The van der Waals surface area contributed by atoms with E-state index in [-0.39, 0.29) is 11.6 Å². The average molecular weight is 294 g/mol. The molecule has 0 heterocycles. The van der Waals surface area contributed by atoms with Crippen LogP contribution in [0.5, 0.6) is 0 Å². The highest BCUT2D eigenvalue weighted by Crippen LogP contribution is 2.31. The second-order valence-corrected chi connectivity index (χ2v) is 4.48. The van der Waals surface area contributed by atoms with E-state index in [2.05, 4.69) is 5.32 Å². The third-order valence-corrected chi connectivity index (χ3v) is 2.98. The van der Waals surface area contributed by atoms with E-state index < -0.39 is 17.6 Å². The Bertz CT molecular complexity index is 434. The van der Waals surface area contributed by atoms with Crippen LogP contribution in [0.3, 0.4) is 0 Å². The summed E-state index contributed by atoms with van der Waals surface area (Å²) < 4.78 is 38.3. The molecule has 0 saturated carbocycles. The third kappa shape index (κ3) is 4.42. The lowest BCUT2D eigenvalue weighted by atomic mass is 10.1. The molecule has 19 heavy (non-hydrogen) atoms. The molecular weight excluding hydrogens is 279 g/mol. The zero-order valence-electron chi connectivity index (χ0n) is 10.4. The van der Waals surface area contributed by atoms with Gasteiger partial charge in [-0.15, -0.1) is 11.6 Å². The average Bonchev–Trinajstić information content (AvgIpc) is 2.37. The van der Waals surface area contributed by atoms with Crippen LogP contribution < -0.4 is 5.32 Å². The lowest BCUT2D eigenvalue weighted by Crippen LogP contribution is -2.35. The molecule has 2 nitrogen and oxygen atoms in total. The third-order valence-electron chi connectivity index (χ3n) is 2.76. The number of amides is 1. The van der Waals surface area contributed by atoms with Crippen LogP contribution in [0.1, 0.15) is 35.7 Å². The van der Waals surface area contributed by atoms with Crippen LogP contribution >= 0.6 is 11.6 Å². The van der Waals surface area contributed by atoms with Crippen molar-refractivity contribution in [3.05, 3.63) is 35.4 Å². The van der Waals surface area contributed by atoms with Gasteiger partial charge in [0.2, 0.25) is 0 Å². The van der Waals surface area contributed by atoms with Gasteiger partial charge in [0.1, 0.15) is 0 Å². The maximum Gasteiger partial charge on any atom is 0.417 e. The Hall–Kier alpha value is -1.23. The second kappa shape index (κ2) is 6.80. The minimum atomic E-state index is -4.54. The largest absolute Gasteiger partial charge is 0.417 e. The first-order chi connectivity index (χ1) is 8.90. The predicted molar refractivity (Wildman–Crippen MR) is 68.3 cm³/mol. The maximum atomic E-state index is 12.8. The topological polar surface area (TPSA) is 29.1 Å². The first-order valence-corrected chi connectivity index (χ1v) is 6.46. The van der Waals surface area contributed by atoms with Crippen molar-refractivity contribution in [2.45, 2.75) is 32.0 Å². The number of rotatable bonds is 5. The smallest absolute Gasteiger partial charge is 0.349 e. The first kappa shape index (κ1) is 15.8. The molecule has 1 atom stereocenters. The molecule has 1 amide bonds. The highest BCUT2D eigenvalue weighted by atomic mass is 35.5. The molecule has 1 rings (SSSR count). The van der Waals surface area contributed by atoms with Gasteiger partial charge in [-0.05, 0) is 25.0 Å². The zero-order valence-corrected chi connectivity index (χ0v) is 11.2. The number of halogens is 4. The number of hydrogen-bond donors (Lipinski definition) is 1. The van der Waals surface area contributed by atoms with Gasteiger partial charge in [0.15, 0.2) is 0 Å². The minimum Gasteiger partial charge on any atom is -0.349 e. The highest BCUT2D eigenvalue weighted by molar-refractivity contribution is 6.17. The lowest BCUT2D eigenvalue weighted by molar-refractivity contribution is -0.137. The normalized spacial score (nSPS) is 13.1. The van der Waals surface area contributed by atoms with Gasteiger partial charge in [-0.2, -0.15) is 13.2 Å². The summed E-state index contributed by atoms with van der Waals surface area (Å²) in [6, 6.07) is 4.52. The molecule has 0 saturated heterocycles. The van der Waals surface area contributed by atoms with Gasteiger partial charge in [0.25, 0.3) is 5.91 Å². The molecule has 1 N–H and O–H groups in total. The fourth-order valence-corrected chi connectivity index (χ4v) is 1.96. The van der Waals surface area contributed by atoms with Crippen LogP contribution in [-0.4, -0.2) is 17.8 Å². The summed E-state index contributed by atoms with van der Waals surface area (Å²) in [5.74, 6) is -0.371. The van der Waals surface area contributed by atoms with E-state index in [1.807, 2.05) is 6.92 Å². The van der Waals surface area contributed by atoms with E-state index in [9.17, 15) is 18.0 Å². The Morgan fingerprint density at radius 2 is 2.00 bits per heavy atom. The minimum absolute atomic E-state index is 0.216. The highest BCUT2D eigenvalue weighted by Gasteiger charge is 2.35. The SMILES string of the molecule is CCC(CCCl)NC(=O)c1ccccc1C(F)(F)F. The molecule has 1 aromatic carbocycles. The van der Waals surface area contributed by atoms with Crippen LogP contribution in [0.25, 0.3) is 0 Å². The molecule has 0 radical (unpaired) electrons. The summed E-state index contributed by atoms with van der Waals surface area (Å²) in [6.45, 7) is 1.84. The summed E-state index contributed by atoms with van der Waals surface area (Å²) >= 11 is 5.58. The van der Waals surface area contributed by atoms with Gasteiger partial charge in [0, 0.05) is 11.9 Å². The maximum absolute atomic E-state index is 12.8. The summed E-state index contributed by atoms with van der Waals surface area (Å²) in [4.78, 5) is 11.9. The van der Waals surface area contributed by atoms with E-state index >= 15 is 0 Å². The van der Waals surface area contributed by atoms with E-state index in [0.717, 1.165) is 6.07 Å². The summed E-state index contributed by atoms with van der Waals surface area (Å²) in [6.07, 6.45) is -3.40. The van der Waals surface area contributed by atoms with Gasteiger partial charge in [0.05, 0.1) is 11.1 Å². The molecule has 1 unspecified atom stereocenters. The van der Waals surface area contributed by atoms with Crippen LogP contribution in [0.2, 0.25) is 0 Å². The fraction of sp³-hybridized carbons (Fsp3) is 0.462. The van der Waals surface area contributed by atoms with Crippen LogP contribution in [0, 0.1) is 0 Å². The van der Waals surface area contributed by atoms with Gasteiger partial charge in [-0.25, -0.2) is 0 Å². The Morgan fingerprint density at radius 1 is 1.37 bits per heavy atom. The molecule has 0 aliphatic rings. The van der Waals surface area contributed by atoms with E-state index in [4.69, 9.17) is 11.6 Å². The number of hydrogen-bond acceptors (Lipinski definition) is 1. The van der Waals surface area contributed by atoms with Crippen molar-refractivity contribution in [1.82, 2.24) is 5.32 Å². The molecule has 0 aliphatic heterocycles. The Balaban J connectivity index is 2.94. The summed E-state index contributed by atoms with van der Waals surface area (Å²) in [5.41, 5.74) is -1.28. The fourth-order valence-electron chi connectivity index (χ4n) is 1.70. The molecule has 0 spiro atoms. The number of carbonyl (C=O) groups excluding carboxylic acids is 1. The van der Waals surface area contributed by atoms with Crippen molar-refractivity contribution < 1.29 is 18.0 Å². The van der Waals surface area contributed by atoms with Crippen molar-refractivity contribution in [1.29, 1.82) is 0 Å². The Kier molecular flexibility index (Phi) is 5.66. The van der Waals surface area contributed by atoms with Gasteiger partial charge < -0.3 is 5.32 Å². The number of nitrogens with one attached hydrogen (secondary N) is 1. The summed E-state index contributed by atoms with van der Waals surface area (Å²) in [7, 11) is 0. The van der Waals surface area contributed by atoms with Crippen molar-refractivity contribution in [3.8, 4) is 0 Å². The van der Waals surface area contributed by atoms with Gasteiger partial charge >= 0.3 is 6.18 Å². The molecule has 0 aromatic heterocycles. The van der Waals surface area contributed by atoms with E-state index in [1.165, 1.54) is 18.2 Å². The number of benzene rings is 1. The number of carbonyl (C=O) groups is 1. The predicted octanol–water partition coefficient (Wildman–Crippen LogP) is 3.84. The van der Waals surface area contributed by atoms with E-state index in [1.54, 1.807) is 0 Å². The van der Waals surface area contributed by atoms with Gasteiger partial charge in [-0.3, -0.25) is 4.79 Å². The van der Waals surface area contributed by atoms with Crippen molar-refractivity contribution in [2.24, 2.45) is 0 Å². The zero-order chi connectivity index (χ0) is 14.5. The Morgan fingerprint density at radius 3 is 2.53 bits per heavy atom. The van der Waals surface area contributed by atoms with Crippen molar-refractivity contribution >= 4 is 17.5 Å². The molecule has 0 fully saturated rings. The number of alkyl halides is 4. The van der Waals surface area contributed by atoms with E-state index in [0.29, 0.717) is 18.7 Å². The van der Waals surface area contributed by atoms with Crippen LogP contribution in [0.15, 0.2) is 24.3 Å². The Labute approximate surface area is 114 Å². The molecular formula is C13H15ClF3NO. The lowest BCUT2D eigenvalue weighted by Gasteiger charge is -2.18. The molecule has 1 aromatic rings. The quantitative estimate of drug-likeness (QED) is 0.821. The second-order valence-electron chi connectivity index (χ2n) is 4.10. The summed E-state index contributed by atoms with van der Waals surface area (Å²) in [5, 5.41) is 2.57. The van der Waals surface area contributed by atoms with Crippen molar-refractivity contribution in [3.63, 3.8) is 0 Å². The van der Waals surface area contributed by atoms with Crippen LogP contribution in [0.4, 0.5) is 13.2 Å². The molecule has 0 aliphatic carbocycles. The standard InChI is InChI=1S/C13H15ClF3NO/c1-2-9(7-8-14)18-12(19)10-5-3-4-6-11(10)13(15,16)17/h3-6,9H,2,7-8H2,1H3,(H,18,19). The molecule has 6 heteroatoms. The van der Waals surface area contributed by atoms with Gasteiger partial charge in [-0.1, -0.05) is 19.1 Å².